The lowest BCUT2D eigenvalue weighted by molar-refractivity contribution is -0.384. The number of carbonyl (C=O) groups is 1. The van der Waals surface area contributed by atoms with E-state index in [9.17, 15) is 23.3 Å². The summed E-state index contributed by atoms with van der Waals surface area (Å²) >= 11 is 0. The first-order chi connectivity index (χ1) is 13.4. The zero-order valence-electron chi connectivity index (χ0n) is 17.0. The van der Waals surface area contributed by atoms with E-state index in [-0.39, 0.29) is 17.3 Å². The van der Waals surface area contributed by atoms with Crippen LogP contribution in [0.5, 0.6) is 0 Å². The van der Waals surface area contributed by atoms with Crippen molar-refractivity contribution >= 4 is 33.0 Å². The quantitative estimate of drug-likeness (QED) is 0.542. The van der Waals surface area contributed by atoms with Crippen LogP contribution in [-0.4, -0.2) is 31.5 Å². The van der Waals surface area contributed by atoms with Crippen LogP contribution in [0, 0.1) is 17.0 Å². The second kappa shape index (κ2) is 8.60. The Kier molecular flexibility index (Phi) is 6.63. The van der Waals surface area contributed by atoms with Crippen molar-refractivity contribution in [1.82, 2.24) is 0 Å². The first-order valence-electron chi connectivity index (χ1n) is 9.07. The molecule has 1 atom stereocenters. The lowest BCUT2D eigenvalue weighted by Crippen LogP contribution is -2.45. The molecule has 0 saturated carbocycles. The smallest absolute Gasteiger partial charge is 0.271 e. The molecule has 0 bridgehead atoms. The second-order valence-corrected chi connectivity index (χ2v) is 9.05. The number of nitro benzene ring substituents is 1. The summed E-state index contributed by atoms with van der Waals surface area (Å²) in [6, 6.07) is 9.75. The molecule has 8 nitrogen and oxygen atoms in total. The van der Waals surface area contributed by atoms with E-state index >= 15 is 0 Å². The molecule has 0 aromatic heterocycles. The average molecular weight is 420 g/mol. The van der Waals surface area contributed by atoms with E-state index in [0.717, 1.165) is 27.8 Å². The molecule has 0 saturated heterocycles. The van der Waals surface area contributed by atoms with Gasteiger partial charge in [0.25, 0.3) is 5.69 Å². The molecular weight excluding hydrogens is 394 g/mol. The van der Waals surface area contributed by atoms with Crippen molar-refractivity contribution in [3.63, 3.8) is 0 Å². The minimum atomic E-state index is -3.88. The number of anilines is 2. The van der Waals surface area contributed by atoms with Gasteiger partial charge in [0.1, 0.15) is 6.04 Å². The van der Waals surface area contributed by atoms with Gasteiger partial charge < -0.3 is 5.32 Å². The summed E-state index contributed by atoms with van der Waals surface area (Å²) in [7, 11) is -3.88. The van der Waals surface area contributed by atoms with Gasteiger partial charge in [0, 0.05) is 17.8 Å². The van der Waals surface area contributed by atoms with E-state index < -0.39 is 26.9 Å². The number of hydrogen-bond acceptors (Lipinski definition) is 5. The summed E-state index contributed by atoms with van der Waals surface area (Å²) in [5.41, 5.74) is 2.24. The van der Waals surface area contributed by atoms with Gasteiger partial charge in [-0.15, -0.1) is 0 Å². The standard InChI is InChI=1S/C20H25N3O5S/c1-13(2)18-11-6-8-14(3)19(18)21-20(24)15(4)22(29(5,27)28)16-9-7-10-17(12-16)23(25)26/h6-13,15H,1-5H3,(H,21,24)/t15-/m0/s1. The van der Waals surface area contributed by atoms with E-state index in [4.69, 9.17) is 0 Å². The monoisotopic (exact) mass is 419 g/mol. The van der Waals surface area contributed by atoms with Crippen molar-refractivity contribution in [2.24, 2.45) is 0 Å². The number of nitrogens with one attached hydrogen (secondary N) is 1. The highest BCUT2D eigenvalue weighted by atomic mass is 32.2. The van der Waals surface area contributed by atoms with Gasteiger partial charge in [-0.2, -0.15) is 0 Å². The number of carbonyl (C=O) groups excluding carboxylic acids is 1. The summed E-state index contributed by atoms with van der Waals surface area (Å²) in [4.78, 5) is 23.4. The number of hydrogen-bond donors (Lipinski definition) is 1. The predicted molar refractivity (Wildman–Crippen MR) is 114 cm³/mol. The number of para-hydroxylation sites is 1. The third-order valence-electron chi connectivity index (χ3n) is 4.56. The Bertz CT molecular complexity index is 1030. The summed E-state index contributed by atoms with van der Waals surface area (Å²) in [5, 5.41) is 13.9. The van der Waals surface area contributed by atoms with E-state index in [1.54, 1.807) is 0 Å². The number of rotatable bonds is 7. The Morgan fingerprint density at radius 1 is 1.14 bits per heavy atom. The van der Waals surface area contributed by atoms with Crippen molar-refractivity contribution < 1.29 is 18.1 Å². The van der Waals surface area contributed by atoms with Gasteiger partial charge in [0.05, 0.1) is 16.9 Å². The summed E-state index contributed by atoms with van der Waals surface area (Å²) in [6.07, 6.45) is 0.961. The molecule has 0 aliphatic carbocycles. The van der Waals surface area contributed by atoms with Gasteiger partial charge in [0.2, 0.25) is 15.9 Å². The molecule has 2 aromatic rings. The largest absolute Gasteiger partial charge is 0.324 e. The van der Waals surface area contributed by atoms with Crippen LogP contribution in [0.25, 0.3) is 0 Å². The number of aryl methyl sites for hydroxylation is 1. The van der Waals surface area contributed by atoms with E-state index in [1.165, 1.54) is 25.1 Å². The molecule has 0 spiro atoms. The fourth-order valence-electron chi connectivity index (χ4n) is 3.12. The Morgan fingerprint density at radius 3 is 2.31 bits per heavy atom. The molecule has 2 aromatic carbocycles. The van der Waals surface area contributed by atoms with Crippen molar-refractivity contribution in [3.8, 4) is 0 Å². The topological polar surface area (TPSA) is 110 Å². The highest BCUT2D eigenvalue weighted by Gasteiger charge is 2.30. The Labute approximate surface area is 170 Å². The molecule has 1 amide bonds. The number of sulfonamides is 1. The third kappa shape index (κ3) is 5.11. The lowest BCUT2D eigenvalue weighted by atomic mass is 9.98. The molecule has 156 valence electrons. The lowest BCUT2D eigenvalue weighted by Gasteiger charge is -2.28. The predicted octanol–water partition coefficient (Wildman–Crippen LogP) is 3.82. The SMILES string of the molecule is Cc1cccc(C(C)C)c1NC(=O)[C@H](C)N(c1cccc([N+](=O)[O-])c1)S(C)(=O)=O. The number of non-ortho nitro benzene ring substituents is 1. The molecule has 2 rings (SSSR count). The van der Waals surface area contributed by atoms with Gasteiger partial charge >= 0.3 is 0 Å². The molecule has 0 unspecified atom stereocenters. The summed E-state index contributed by atoms with van der Waals surface area (Å²) in [5.74, 6) is -0.374. The van der Waals surface area contributed by atoms with Crippen molar-refractivity contribution in [2.45, 2.75) is 39.7 Å². The highest BCUT2D eigenvalue weighted by molar-refractivity contribution is 7.92. The first-order valence-corrected chi connectivity index (χ1v) is 10.9. The number of benzene rings is 2. The van der Waals surface area contributed by atoms with Crippen LogP contribution < -0.4 is 9.62 Å². The molecular formula is C20H25N3O5S. The van der Waals surface area contributed by atoms with Gasteiger partial charge in [-0.1, -0.05) is 38.1 Å². The van der Waals surface area contributed by atoms with E-state index in [0.29, 0.717) is 5.69 Å². The van der Waals surface area contributed by atoms with Crippen LogP contribution in [0.1, 0.15) is 37.8 Å². The van der Waals surface area contributed by atoms with Crippen molar-refractivity contribution in [2.75, 3.05) is 15.9 Å². The Morgan fingerprint density at radius 2 is 1.76 bits per heavy atom. The maximum atomic E-state index is 13.0. The highest BCUT2D eigenvalue weighted by Crippen LogP contribution is 2.29. The van der Waals surface area contributed by atoms with Gasteiger partial charge in [-0.25, -0.2) is 8.42 Å². The van der Waals surface area contributed by atoms with Crippen LogP contribution in [0.3, 0.4) is 0 Å². The molecule has 0 fully saturated rings. The van der Waals surface area contributed by atoms with Gasteiger partial charge in [0.15, 0.2) is 0 Å². The van der Waals surface area contributed by atoms with Gasteiger partial charge in [-0.3, -0.25) is 19.2 Å². The second-order valence-electron chi connectivity index (χ2n) is 7.19. The van der Waals surface area contributed by atoms with Crippen LogP contribution in [0.15, 0.2) is 42.5 Å². The zero-order valence-corrected chi connectivity index (χ0v) is 17.9. The van der Waals surface area contributed by atoms with Crippen LogP contribution in [-0.2, 0) is 14.8 Å². The molecule has 0 aliphatic rings. The van der Waals surface area contributed by atoms with Crippen LogP contribution in [0.4, 0.5) is 17.1 Å². The van der Waals surface area contributed by atoms with Crippen LogP contribution >= 0.6 is 0 Å². The molecule has 1 N–H and O–H groups in total. The minimum absolute atomic E-state index is 0.0539. The first kappa shape index (κ1) is 22.4. The maximum Gasteiger partial charge on any atom is 0.271 e. The van der Waals surface area contributed by atoms with E-state index in [1.807, 2.05) is 39.0 Å². The normalized spacial score (nSPS) is 12.5. The fourth-order valence-corrected chi connectivity index (χ4v) is 4.29. The zero-order chi connectivity index (χ0) is 21.9. The average Bonchev–Trinajstić information content (AvgIpc) is 2.62. The molecule has 0 aliphatic heterocycles. The Balaban J connectivity index is 2.44. The molecule has 0 radical (unpaired) electrons. The fraction of sp³-hybridized carbons (Fsp3) is 0.350. The molecule has 29 heavy (non-hydrogen) atoms. The Hall–Kier alpha value is -2.94. The number of nitrogens with zero attached hydrogens (tertiary/aromatic N) is 2. The molecule has 0 heterocycles. The van der Waals surface area contributed by atoms with Crippen molar-refractivity contribution in [1.29, 1.82) is 0 Å². The number of amides is 1. The third-order valence-corrected chi connectivity index (χ3v) is 5.80. The van der Waals surface area contributed by atoms with Crippen LogP contribution in [0.2, 0.25) is 0 Å². The summed E-state index contributed by atoms with van der Waals surface area (Å²) in [6.45, 7) is 7.31. The van der Waals surface area contributed by atoms with Gasteiger partial charge in [-0.05, 0) is 37.0 Å². The molecule has 9 heteroatoms. The summed E-state index contributed by atoms with van der Waals surface area (Å²) < 4.78 is 25.8. The number of nitro groups is 1. The maximum absolute atomic E-state index is 13.0. The van der Waals surface area contributed by atoms with Crippen molar-refractivity contribution in [3.05, 3.63) is 63.7 Å². The minimum Gasteiger partial charge on any atom is -0.324 e. The van der Waals surface area contributed by atoms with E-state index in [2.05, 4.69) is 5.32 Å².